The van der Waals surface area contributed by atoms with E-state index in [-0.39, 0.29) is 18.2 Å². The van der Waals surface area contributed by atoms with Crippen molar-refractivity contribution in [2.24, 2.45) is 0 Å². The van der Waals surface area contributed by atoms with Gasteiger partial charge in [0.1, 0.15) is 11.6 Å². The lowest BCUT2D eigenvalue weighted by atomic mass is 10.0. The van der Waals surface area contributed by atoms with E-state index in [2.05, 4.69) is 0 Å². The molecule has 0 bridgehead atoms. The molecule has 0 N–H and O–H groups in total. The van der Waals surface area contributed by atoms with Crippen molar-refractivity contribution in [3.05, 3.63) is 77.4 Å². The molecule has 3 rings (SSSR count). The van der Waals surface area contributed by atoms with Crippen molar-refractivity contribution in [2.45, 2.75) is 6.04 Å². The predicted molar refractivity (Wildman–Crippen MR) is 81.5 cm³/mol. The Kier molecular flexibility index (Phi) is 3.94. The number of amides is 1. The van der Waals surface area contributed by atoms with Gasteiger partial charge in [-0.15, -0.1) is 0 Å². The van der Waals surface area contributed by atoms with Crippen LogP contribution in [0, 0.1) is 11.6 Å². The molecule has 1 aliphatic rings. The van der Waals surface area contributed by atoms with Crippen LogP contribution in [0.3, 0.4) is 0 Å². The first-order valence-electron chi connectivity index (χ1n) is 6.73. The van der Waals surface area contributed by atoms with E-state index in [1.807, 2.05) is 30.3 Å². The summed E-state index contributed by atoms with van der Waals surface area (Å²) in [6.07, 6.45) is 1.74. The summed E-state index contributed by atoms with van der Waals surface area (Å²) in [5.41, 5.74) is 1.56. The number of rotatable bonds is 2. The molecule has 0 saturated carbocycles. The van der Waals surface area contributed by atoms with Gasteiger partial charge >= 0.3 is 5.37 Å². The van der Waals surface area contributed by atoms with Gasteiger partial charge < -0.3 is 4.90 Å². The van der Waals surface area contributed by atoms with E-state index in [0.29, 0.717) is 5.57 Å². The van der Waals surface area contributed by atoms with Crippen LogP contribution in [0.25, 0.3) is 5.57 Å². The largest absolute Gasteiger partial charge is 0.317 e. The number of hydrogen-bond donors (Lipinski definition) is 0. The molecule has 2 aromatic carbocycles. The molecule has 5 heteroatoms. The molecule has 2 nitrogen and oxygen atoms in total. The lowest BCUT2D eigenvalue weighted by molar-refractivity contribution is 0.222. The van der Waals surface area contributed by atoms with Gasteiger partial charge in [-0.1, -0.05) is 36.4 Å². The second-order valence-corrected chi connectivity index (χ2v) is 5.38. The van der Waals surface area contributed by atoms with E-state index in [1.165, 1.54) is 4.90 Å². The van der Waals surface area contributed by atoms with Crippen LogP contribution < -0.4 is 0 Å². The SMILES string of the molecule is O=C(Cl)N1CC(c2cc(F)ccc2F)=CC1c1ccccc1. The molecule has 0 aromatic heterocycles. The maximum Gasteiger partial charge on any atom is 0.317 e. The van der Waals surface area contributed by atoms with E-state index < -0.39 is 17.0 Å². The van der Waals surface area contributed by atoms with Crippen LogP contribution in [-0.4, -0.2) is 16.8 Å². The van der Waals surface area contributed by atoms with Crippen molar-refractivity contribution in [2.75, 3.05) is 6.54 Å². The third kappa shape index (κ3) is 2.74. The predicted octanol–water partition coefficient (Wildman–Crippen LogP) is 4.76. The van der Waals surface area contributed by atoms with Gasteiger partial charge in [0.25, 0.3) is 0 Å². The molecule has 0 spiro atoms. The Morgan fingerprint density at radius 1 is 1.14 bits per heavy atom. The quantitative estimate of drug-likeness (QED) is 0.577. The van der Waals surface area contributed by atoms with Crippen molar-refractivity contribution < 1.29 is 13.6 Å². The van der Waals surface area contributed by atoms with Crippen molar-refractivity contribution >= 4 is 22.5 Å². The van der Waals surface area contributed by atoms with Gasteiger partial charge in [0.05, 0.1) is 6.04 Å². The number of hydrogen-bond acceptors (Lipinski definition) is 1. The summed E-state index contributed by atoms with van der Waals surface area (Å²) >= 11 is 5.64. The van der Waals surface area contributed by atoms with E-state index in [4.69, 9.17) is 11.6 Å². The Morgan fingerprint density at radius 3 is 2.55 bits per heavy atom. The Bertz CT molecular complexity index is 746. The number of carbonyl (C=O) groups excluding carboxylic acids is 1. The summed E-state index contributed by atoms with van der Waals surface area (Å²) in [5, 5.41) is -0.628. The summed E-state index contributed by atoms with van der Waals surface area (Å²) in [6, 6.07) is 12.2. The smallest absolute Gasteiger partial charge is 0.314 e. The summed E-state index contributed by atoms with van der Waals surface area (Å²) < 4.78 is 27.3. The maximum atomic E-state index is 13.9. The molecule has 112 valence electrons. The molecule has 1 heterocycles. The molecule has 0 radical (unpaired) electrons. The fraction of sp³-hybridized carbons (Fsp3) is 0.118. The van der Waals surface area contributed by atoms with Crippen LogP contribution in [0.15, 0.2) is 54.6 Å². The van der Waals surface area contributed by atoms with Gasteiger partial charge in [-0.2, -0.15) is 0 Å². The highest BCUT2D eigenvalue weighted by Gasteiger charge is 2.30. The average molecular weight is 320 g/mol. The van der Waals surface area contributed by atoms with Crippen LogP contribution in [0.1, 0.15) is 17.2 Å². The standard InChI is InChI=1S/C17H12ClF2NO/c18-17(22)21-10-12(14-9-13(19)6-7-15(14)20)8-16(21)11-4-2-1-3-5-11/h1-9,16H,10H2. The number of halogens is 3. The minimum absolute atomic E-state index is 0.141. The zero-order chi connectivity index (χ0) is 15.7. The Balaban J connectivity index is 2.03. The molecular formula is C17H12ClF2NO. The number of benzene rings is 2. The van der Waals surface area contributed by atoms with Crippen LogP contribution in [-0.2, 0) is 0 Å². The molecule has 1 unspecified atom stereocenters. The van der Waals surface area contributed by atoms with Gasteiger partial charge in [0, 0.05) is 12.1 Å². The van der Waals surface area contributed by atoms with Gasteiger partial charge in [-0.3, -0.25) is 4.79 Å². The van der Waals surface area contributed by atoms with Crippen molar-refractivity contribution in [3.63, 3.8) is 0 Å². The summed E-state index contributed by atoms with van der Waals surface area (Å²) in [5.74, 6) is -1.05. The summed E-state index contributed by atoms with van der Waals surface area (Å²) in [7, 11) is 0. The lowest BCUT2D eigenvalue weighted by Gasteiger charge is -2.22. The molecule has 0 saturated heterocycles. The van der Waals surface area contributed by atoms with Gasteiger partial charge in [0.15, 0.2) is 0 Å². The minimum Gasteiger partial charge on any atom is -0.314 e. The van der Waals surface area contributed by atoms with Crippen molar-refractivity contribution in [1.82, 2.24) is 4.90 Å². The molecule has 22 heavy (non-hydrogen) atoms. The Hall–Kier alpha value is -2.20. The van der Waals surface area contributed by atoms with Crippen molar-refractivity contribution in [3.8, 4) is 0 Å². The fourth-order valence-electron chi connectivity index (χ4n) is 2.63. The molecule has 2 aromatic rings. The highest BCUT2D eigenvalue weighted by Crippen LogP contribution is 2.36. The highest BCUT2D eigenvalue weighted by molar-refractivity contribution is 6.63. The van der Waals surface area contributed by atoms with E-state index in [0.717, 1.165) is 23.8 Å². The number of carbonyl (C=O) groups is 1. The zero-order valence-corrected chi connectivity index (χ0v) is 12.2. The van der Waals surface area contributed by atoms with Crippen LogP contribution in [0.4, 0.5) is 13.6 Å². The number of nitrogens with zero attached hydrogens (tertiary/aromatic N) is 1. The van der Waals surface area contributed by atoms with Gasteiger partial charge in [0.2, 0.25) is 0 Å². The molecule has 0 fully saturated rings. The fourth-order valence-corrected chi connectivity index (χ4v) is 2.80. The molecule has 0 aliphatic carbocycles. The first kappa shape index (κ1) is 14.7. The topological polar surface area (TPSA) is 20.3 Å². The first-order chi connectivity index (χ1) is 10.6. The highest BCUT2D eigenvalue weighted by atomic mass is 35.5. The first-order valence-corrected chi connectivity index (χ1v) is 7.11. The summed E-state index contributed by atoms with van der Waals surface area (Å²) in [4.78, 5) is 13.1. The van der Waals surface area contributed by atoms with Crippen LogP contribution >= 0.6 is 11.6 Å². The molecule has 1 amide bonds. The molecule has 1 atom stereocenters. The third-order valence-corrected chi connectivity index (χ3v) is 3.89. The second kappa shape index (κ2) is 5.89. The monoisotopic (exact) mass is 319 g/mol. The van der Waals surface area contributed by atoms with Crippen LogP contribution in [0.2, 0.25) is 0 Å². The van der Waals surface area contributed by atoms with E-state index >= 15 is 0 Å². The second-order valence-electron chi connectivity index (χ2n) is 5.05. The van der Waals surface area contributed by atoms with Crippen molar-refractivity contribution in [1.29, 1.82) is 0 Å². The molecular weight excluding hydrogens is 308 g/mol. The summed E-state index contributed by atoms with van der Waals surface area (Å²) in [6.45, 7) is 0.141. The minimum atomic E-state index is -0.628. The average Bonchev–Trinajstić information content (AvgIpc) is 2.96. The Labute approximate surface area is 131 Å². The van der Waals surface area contributed by atoms with Crippen LogP contribution in [0.5, 0.6) is 0 Å². The van der Waals surface area contributed by atoms with E-state index in [1.54, 1.807) is 6.08 Å². The zero-order valence-electron chi connectivity index (χ0n) is 11.5. The normalized spacial score (nSPS) is 17.5. The van der Waals surface area contributed by atoms with E-state index in [9.17, 15) is 13.6 Å². The van der Waals surface area contributed by atoms with Gasteiger partial charge in [-0.25, -0.2) is 8.78 Å². The third-order valence-electron chi connectivity index (χ3n) is 3.68. The Morgan fingerprint density at radius 2 is 1.86 bits per heavy atom. The maximum absolute atomic E-state index is 13.9. The lowest BCUT2D eigenvalue weighted by Crippen LogP contribution is -2.26. The van der Waals surface area contributed by atoms with Gasteiger partial charge in [-0.05, 0) is 40.9 Å². The molecule has 1 aliphatic heterocycles.